The van der Waals surface area contributed by atoms with E-state index in [9.17, 15) is 0 Å². The average molecular weight is 529 g/mol. The molecule has 0 aliphatic rings. The number of hydrazine groups is 1. The average Bonchev–Trinajstić information content (AvgIpc) is 3.14. The van der Waals surface area contributed by atoms with Crippen LogP contribution in [0, 0.1) is 12.3 Å². The Morgan fingerprint density at radius 2 is 1.97 bits per heavy atom. The van der Waals surface area contributed by atoms with E-state index in [4.69, 9.17) is 28.2 Å². The second-order valence-electron chi connectivity index (χ2n) is 7.01. The third-order valence-corrected chi connectivity index (χ3v) is 5.00. The van der Waals surface area contributed by atoms with E-state index in [1.54, 1.807) is 37.2 Å². The van der Waals surface area contributed by atoms with Crippen LogP contribution in [0.15, 0.2) is 83.1 Å². The van der Waals surface area contributed by atoms with Gasteiger partial charge in [-0.3, -0.25) is 4.98 Å². The fourth-order valence-corrected chi connectivity index (χ4v) is 2.95. The zero-order valence-electron chi connectivity index (χ0n) is 22.4. The van der Waals surface area contributed by atoms with Crippen molar-refractivity contribution in [2.75, 3.05) is 6.54 Å². The van der Waals surface area contributed by atoms with Crippen molar-refractivity contribution in [1.29, 1.82) is 0 Å². The number of nitrogens with two attached hydrogens (primary N) is 2. The first-order valence-electron chi connectivity index (χ1n) is 11.3. The first kappa shape index (κ1) is 35.0. The molecule has 0 atom stereocenters. The van der Waals surface area contributed by atoms with Crippen molar-refractivity contribution in [3.05, 3.63) is 83.8 Å². The SMILES string of the molecule is C#CC.C/C=C(\C)Cl.C=C(C)Sc1c(/C=C/CC)nc(-c2ccccn2)n1C.C=CCN(N)/C=C\N. The molecule has 0 aliphatic heterocycles. The summed E-state index contributed by atoms with van der Waals surface area (Å²) in [4.78, 5) is 10.2. The molecule has 2 heterocycles. The van der Waals surface area contributed by atoms with Crippen LogP contribution >= 0.6 is 23.4 Å². The molecule has 4 N–H and O–H groups in total. The predicted octanol–water partition coefficient (Wildman–Crippen LogP) is 7.10. The standard InChI is InChI=1S/C16H19N3S.C5H11N3.C4H7Cl.C3H4/c1-5-6-9-14-16(20-12(2)3)19(4)15(18-14)13-10-7-8-11-17-13;1-2-4-8(7)5-3-6;1-3-4(2)5;1-3-2/h6-11H,2,5H2,1,3-4H3;2-3,5H,1,4,6-7H2;3H,1-2H3;1H,2H3/b9-6+;5-3-;4-3+;. The van der Waals surface area contributed by atoms with Gasteiger partial charge in [-0.1, -0.05) is 61.2 Å². The van der Waals surface area contributed by atoms with Crippen molar-refractivity contribution in [3.8, 4) is 23.9 Å². The van der Waals surface area contributed by atoms with E-state index in [0.29, 0.717) is 6.54 Å². The normalized spacial score (nSPS) is 10.2. The summed E-state index contributed by atoms with van der Waals surface area (Å²) < 4.78 is 2.08. The Hall–Kier alpha value is -3.18. The number of pyridine rings is 1. The Kier molecular flexibility index (Phi) is 21.7. The number of allylic oxidation sites excluding steroid dienone is 4. The second kappa shape index (κ2) is 22.3. The van der Waals surface area contributed by atoms with Gasteiger partial charge in [0, 0.05) is 30.7 Å². The molecule has 36 heavy (non-hydrogen) atoms. The van der Waals surface area contributed by atoms with E-state index in [1.165, 1.54) is 11.2 Å². The zero-order valence-corrected chi connectivity index (χ0v) is 24.0. The molecule has 0 saturated carbocycles. The molecule has 2 aromatic heterocycles. The Bertz CT molecular complexity index is 1010. The zero-order chi connectivity index (χ0) is 27.9. The second-order valence-corrected chi connectivity index (χ2v) is 8.89. The molecule has 2 aromatic rings. The van der Waals surface area contributed by atoms with Crippen LogP contribution in [0.4, 0.5) is 0 Å². The van der Waals surface area contributed by atoms with Crippen LogP contribution in [0.25, 0.3) is 17.6 Å². The molecule has 0 aromatic carbocycles. The number of nitrogens with zero attached hydrogens (tertiary/aromatic N) is 4. The number of rotatable bonds is 8. The number of hydrogen-bond donors (Lipinski definition) is 2. The summed E-state index contributed by atoms with van der Waals surface area (Å²) in [5.74, 6) is 8.42. The number of hydrogen-bond acceptors (Lipinski definition) is 6. The molecule has 0 spiro atoms. The highest BCUT2D eigenvalue weighted by molar-refractivity contribution is 8.03. The third-order valence-electron chi connectivity index (χ3n) is 3.76. The Morgan fingerprint density at radius 1 is 1.36 bits per heavy atom. The summed E-state index contributed by atoms with van der Waals surface area (Å²) in [6.45, 7) is 17.6. The van der Waals surface area contributed by atoms with E-state index >= 15 is 0 Å². The molecular weight excluding hydrogens is 488 g/mol. The van der Waals surface area contributed by atoms with E-state index in [2.05, 4.69) is 54.1 Å². The van der Waals surface area contributed by atoms with Gasteiger partial charge in [-0.15, -0.1) is 18.9 Å². The van der Waals surface area contributed by atoms with Gasteiger partial charge < -0.3 is 15.3 Å². The van der Waals surface area contributed by atoms with Gasteiger partial charge >= 0.3 is 0 Å². The maximum Gasteiger partial charge on any atom is 0.159 e. The van der Waals surface area contributed by atoms with Crippen LogP contribution in [0.5, 0.6) is 0 Å². The number of halogens is 1. The highest BCUT2D eigenvalue weighted by Gasteiger charge is 2.15. The smallest absolute Gasteiger partial charge is 0.159 e. The van der Waals surface area contributed by atoms with E-state index < -0.39 is 0 Å². The quantitative estimate of drug-likeness (QED) is 0.125. The van der Waals surface area contributed by atoms with Crippen LogP contribution in [0.3, 0.4) is 0 Å². The van der Waals surface area contributed by atoms with Gasteiger partial charge in [-0.05, 0) is 57.2 Å². The van der Waals surface area contributed by atoms with E-state index in [-0.39, 0.29) is 0 Å². The molecule has 0 unspecified atom stereocenters. The lowest BCUT2D eigenvalue weighted by Crippen LogP contribution is -2.24. The largest absolute Gasteiger partial charge is 0.403 e. The fourth-order valence-electron chi connectivity index (χ4n) is 2.17. The predicted molar refractivity (Wildman–Crippen MR) is 161 cm³/mol. The van der Waals surface area contributed by atoms with E-state index in [1.807, 2.05) is 52.1 Å². The van der Waals surface area contributed by atoms with Gasteiger partial charge in [0.1, 0.15) is 10.7 Å². The highest BCUT2D eigenvalue weighted by atomic mass is 35.5. The van der Waals surface area contributed by atoms with Gasteiger partial charge in [-0.2, -0.15) is 0 Å². The number of aromatic nitrogens is 3. The Morgan fingerprint density at radius 3 is 2.39 bits per heavy atom. The maximum absolute atomic E-state index is 5.32. The molecule has 2 rings (SSSR count). The lowest BCUT2D eigenvalue weighted by Gasteiger charge is -2.07. The number of imidazole rings is 1. The Labute approximate surface area is 227 Å². The molecule has 0 bridgehead atoms. The van der Waals surface area contributed by atoms with E-state index in [0.717, 1.165) is 38.6 Å². The minimum atomic E-state index is 0.619. The lowest BCUT2D eigenvalue weighted by molar-refractivity contribution is 0.438. The van der Waals surface area contributed by atoms with Gasteiger partial charge in [-0.25, -0.2) is 10.8 Å². The van der Waals surface area contributed by atoms with Gasteiger partial charge in [0.05, 0.1) is 12.2 Å². The minimum absolute atomic E-state index is 0.619. The molecule has 0 amide bonds. The summed E-state index contributed by atoms with van der Waals surface area (Å²) in [5.41, 5.74) is 6.88. The first-order chi connectivity index (χ1) is 17.1. The molecule has 0 saturated heterocycles. The van der Waals surface area contributed by atoms with Crippen LogP contribution in [0.2, 0.25) is 0 Å². The summed E-state index contributed by atoms with van der Waals surface area (Å²) in [5, 5.41) is 3.39. The van der Waals surface area contributed by atoms with Crippen molar-refractivity contribution in [1.82, 2.24) is 19.5 Å². The van der Waals surface area contributed by atoms with Crippen LogP contribution in [-0.2, 0) is 7.05 Å². The maximum atomic E-state index is 5.32. The van der Waals surface area contributed by atoms with Gasteiger partial charge in [0.15, 0.2) is 5.82 Å². The topological polar surface area (TPSA) is 86.0 Å². The van der Waals surface area contributed by atoms with Crippen molar-refractivity contribution in [2.24, 2.45) is 18.6 Å². The molecule has 6 nitrogen and oxygen atoms in total. The molecule has 0 aliphatic carbocycles. The monoisotopic (exact) mass is 528 g/mol. The summed E-state index contributed by atoms with van der Waals surface area (Å²) in [6, 6.07) is 5.86. The van der Waals surface area contributed by atoms with Crippen LogP contribution in [0.1, 0.15) is 46.7 Å². The summed E-state index contributed by atoms with van der Waals surface area (Å²) >= 11 is 6.97. The van der Waals surface area contributed by atoms with Crippen LogP contribution < -0.4 is 11.6 Å². The van der Waals surface area contributed by atoms with Gasteiger partial charge in [0.25, 0.3) is 0 Å². The molecule has 196 valence electrons. The Balaban J connectivity index is 0. The molecule has 8 heteroatoms. The first-order valence-corrected chi connectivity index (χ1v) is 12.5. The van der Waals surface area contributed by atoms with Crippen molar-refractivity contribution in [2.45, 2.75) is 46.1 Å². The van der Waals surface area contributed by atoms with Crippen molar-refractivity contribution >= 4 is 29.4 Å². The number of terminal acetylenes is 1. The minimum Gasteiger partial charge on any atom is -0.403 e. The number of thioether (sulfide) groups is 1. The van der Waals surface area contributed by atoms with Gasteiger partial charge in [0.2, 0.25) is 0 Å². The third kappa shape index (κ3) is 16.4. The summed E-state index contributed by atoms with van der Waals surface area (Å²) in [7, 11) is 2.02. The molecular formula is C28H41ClN6S. The molecule has 0 fully saturated rings. The molecule has 0 radical (unpaired) electrons. The van der Waals surface area contributed by atoms with Crippen LogP contribution in [-0.4, -0.2) is 26.1 Å². The van der Waals surface area contributed by atoms with Crippen molar-refractivity contribution in [3.63, 3.8) is 0 Å². The van der Waals surface area contributed by atoms with Crippen molar-refractivity contribution < 1.29 is 0 Å². The fraction of sp³-hybridized carbons (Fsp3) is 0.286. The highest BCUT2D eigenvalue weighted by Crippen LogP contribution is 2.32. The summed E-state index contributed by atoms with van der Waals surface area (Å²) in [6.07, 6.45) is 18.1. The lowest BCUT2D eigenvalue weighted by atomic mass is 10.3.